The smallest absolute Gasteiger partial charge is 0.156 e. The Morgan fingerprint density at radius 2 is 2.07 bits per heavy atom. The number of hydrogen-bond donors (Lipinski definition) is 3. The van der Waals surface area contributed by atoms with E-state index in [1.165, 1.54) is 0 Å². The molecular weight excluding hydrogens is 200 g/mol. The number of hydrogen-bond acceptors (Lipinski definition) is 4. The highest BCUT2D eigenvalue weighted by Gasteiger charge is 2.04. The molecule has 0 rings (SSSR count). The molecule has 5 N–H and O–H groups in total. The molecule has 5 heteroatoms. The van der Waals surface area contributed by atoms with Gasteiger partial charge in [-0.2, -0.15) is 0 Å². The van der Waals surface area contributed by atoms with Crippen molar-refractivity contribution in [3.63, 3.8) is 0 Å². The number of allylic oxidation sites excluding steroid dienone is 3. The maximum atomic E-state index is 5.85. The molecule has 14 heavy (non-hydrogen) atoms. The van der Waals surface area contributed by atoms with Crippen LogP contribution in [0, 0.1) is 0 Å². The van der Waals surface area contributed by atoms with Crippen molar-refractivity contribution in [3.05, 3.63) is 36.1 Å². The topological polar surface area (TPSA) is 76.4 Å². The molecule has 0 aromatic heterocycles. The molecule has 0 aliphatic heterocycles. The second-order valence-corrected chi connectivity index (χ2v) is 2.95. The fraction of sp³-hybridized carbons (Fsp3) is 0.222. The first-order valence-electron chi connectivity index (χ1n) is 4.02. The molecule has 0 aliphatic rings. The van der Waals surface area contributed by atoms with Gasteiger partial charge in [0.2, 0.25) is 0 Å². The molecule has 0 radical (unpaired) electrons. The van der Waals surface area contributed by atoms with Crippen LogP contribution in [-0.4, -0.2) is 5.17 Å². The van der Waals surface area contributed by atoms with Crippen LogP contribution in [-0.2, 0) is 0 Å². The van der Waals surface area contributed by atoms with Crippen LogP contribution in [0.15, 0.2) is 41.1 Å². The number of rotatable bonds is 4. The monoisotopic (exact) mass is 214 g/mol. The Morgan fingerprint density at radius 1 is 1.50 bits per heavy atom. The van der Waals surface area contributed by atoms with Gasteiger partial charge in [-0.3, -0.25) is 0 Å². The van der Waals surface area contributed by atoms with Crippen molar-refractivity contribution in [3.8, 4) is 0 Å². The van der Waals surface area contributed by atoms with Crippen LogP contribution < -0.4 is 16.8 Å². The summed E-state index contributed by atoms with van der Waals surface area (Å²) in [4.78, 5) is 3.78. The molecule has 0 unspecified atom stereocenters. The highest BCUT2D eigenvalue weighted by Crippen LogP contribution is 2.04. The van der Waals surface area contributed by atoms with E-state index >= 15 is 0 Å². The first-order chi connectivity index (χ1) is 6.49. The largest absolute Gasteiger partial charge is 0.401 e. The third kappa shape index (κ3) is 4.57. The third-order valence-electron chi connectivity index (χ3n) is 1.24. The van der Waals surface area contributed by atoms with E-state index in [1.54, 1.807) is 13.1 Å². The van der Waals surface area contributed by atoms with E-state index < -0.39 is 0 Å². The number of aliphatic imine (C=N–C) groups is 1. The minimum Gasteiger partial charge on any atom is -0.401 e. The lowest BCUT2D eigenvalue weighted by atomic mass is 10.3. The van der Waals surface area contributed by atoms with Crippen molar-refractivity contribution in [1.29, 1.82) is 0 Å². The van der Waals surface area contributed by atoms with Crippen LogP contribution in [0.5, 0.6) is 0 Å². The first kappa shape index (κ1) is 12.6. The molecule has 78 valence electrons. The SMILES string of the molecule is C=C(N)N=C(Cl)/C(N/C=C\C)=C(/C)N. The first-order valence-corrected chi connectivity index (χ1v) is 4.39. The van der Waals surface area contributed by atoms with E-state index in [9.17, 15) is 0 Å². The van der Waals surface area contributed by atoms with Crippen LogP contribution in [0.25, 0.3) is 0 Å². The summed E-state index contributed by atoms with van der Waals surface area (Å²) in [6.45, 7) is 6.99. The van der Waals surface area contributed by atoms with Crippen LogP contribution in [0.3, 0.4) is 0 Å². The summed E-state index contributed by atoms with van der Waals surface area (Å²) in [6, 6.07) is 0. The maximum absolute atomic E-state index is 5.85. The summed E-state index contributed by atoms with van der Waals surface area (Å²) in [7, 11) is 0. The van der Waals surface area contributed by atoms with Gasteiger partial charge in [-0.05, 0) is 20.0 Å². The van der Waals surface area contributed by atoms with E-state index in [4.69, 9.17) is 23.1 Å². The van der Waals surface area contributed by atoms with E-state index in [0.29, 0.717) is 11.4 Å². The Labute approximate surface area is 89.0 Å². The Balaban J connectivity index is 4.86. The summed E-state index contributed by atoms with van der Waals surface area (Å²) in [6.07, 6.45) is 3.51. The normalized spacial score (nSPS) is 14.1. The van der Waals surface area contributed by atoms with Gasteiger partial charge in [0, 0.05) is 5.70 Å². The predicted octanol–water partition coefficient (Wildman–Crippen LogP) is 1.37. The molecule has 0 bridgehead atoms. The summed E-state index contributed by atoms with van der Waals surface area (Å²) < 4.78 is 0. The fourth-order valence-electron chi connectivity index (χ4n) is 0.685. The van der Waals surface area contributed by atoms with Gasteiger partial charge < -0.3 is 16.8 Å². The van der Waals surface area contributed by atoms with Gasteiger partial charge in [-0.25, -0.2) is 4.99 Å². The summed E-state index contributed by atoms with van der Waals surface area (Å²) in [5, 5.41) is 3.08. The predicted molar refractivity (Wildman–Crippen MR) is 61.5 cm³/mol. The average Bonchev–Trinajstić information content (AvgIpc) is 2.02. The number of nitrogens with two attached hydrogens (primary N) is 2. The van der Waals surface area contributed by atoms with Crippen LogP contribution in [0.2, 0.25) is 0 Å². The lowest BCUT2D eigenvalue weighted by Gasteiger charge is -2.07. The minimum absolute atomic E-state index is 0.135. The highest BCUT2D eigenvalue weighted by atomic mass is 35.5. The Bertz CT molecular complexity index is 298. The van der Waals surface area contributed by atoms with Crippen molar-refractivity contribution < 1.29 is 0 Å². The van der Waals surface area contributed by atoms with Gasteiger partial charge in [-0.1, -0.05) is 24.3 Å². The van der Waals surface area contributed by atoms with Crippen LogP contribution in [0.1, 0.15) is 13.8 Å². The highest BCUT2D eigenvalue weighted by molar-refractivity contribution is 6.69. The molecule has 0 saturated carbocycles. The molecule has 0 aromatic carbocycles. The summed E-state index contributed by atoms with van der Waals surface area (Å²) in [5.74, 6) is 0.135. The van der Waals surface area contributed by atoms with Gasteiger partial charge in [-0.15, -0.1) is 0 Å². The molecule has 0 aromatic rings. The number of nitrogens with one attached hydrogen (secondary N) is 1. The van der Waals surface area contributed by atoms with Crippen molar-refractivity contribution >= 4 is 16.8 Å². The van der Waals surface area contributed by atoms with Crippen molar-refractivity contribution in [2.45, 2.75) is 13.8 Å². The minimum atomic E-state index is 0.135. The van der Waals surface area contributed by atoms with Crippen LogP contribution >= 0.6 is 11.6 Å². The van der Waals surface area contributed by atoms with Gasteiger partial charge >= 0.3 is 0 Å². The average molecular weight is 215 g/mol. The van der Waals surface area contributed by atoms with E-state index in [1.807, 2.05) is 13.0 Å². The molecule has 0 amide bonds. The zero-order valence-corrected chi connectivity index (χ0v) is 9.10. The van der Waals surface area contributed by atoms with E-state index in [0.717, 1.165) is 0 Å². The third-order valence-corrected chi connectivity index (χ3v) is 1.51. The zero-order chi connectivity index (χ0) is 11.1. The molecule has 0 saturated heterocycles. The molecule has 0 aliphatic carbocycles. The summed E-state index contributed by atoms with van der Waals surface area (Å²) in [5.41, 5.74) is 11.9. The van der Waals surface area contributed by atoms with Crippen molar-refractivity contribution in [1.82, 2.24) is 5.32 Å². The van der Waals surface area contributed by atoms with Gasteiger partial charge in [0.1, 0.15) is 5.82 Å². The second-order valence-electron chi connectivity index (χ2n) is 2.60. The quantitative estimate of drug-likeness (QED) is 0.619. The maximum Gasteiger partial charge on any atom is 0.156 e. The van der Waals surface area contributed by atoms with Crippen molar-refractivity contribution in [2.75, 3.05) is 0 Å². The Kier molecular flexibility index (Phi) is 5.48. The lowest BCUT2D eigenvalue weighted by Crippen LogP contribution is -2.17. The molecule has 0 atom stereocenters. The van der Waals surface area contributed by atoms with Crippen molar-refractivity contribution in [2.24, 2.45) is 16.5 Å². The molecule has 0 fully saturated rings. The number of nitrogens with zero attached hydrogens (tertiary/aromatic N) is 1. The molecular formula is C9H15ClN4. The zero-order valence-electron chi connectivity index (χ0n) is 8.34. The number of halogens is 1. The van der Waals surface area contributed by atoms with Crippen LogP contribution in [0.4, 0.5) is 0 Å². The Morgan fingerprint density at radius 3 is 2.43 bits per heavy atom. The lowest BCUT2D eigenvalue weighted by molar-refractivity contribution is 1.07. The van der Waals surface area contributed by atoms with Gasteiger partial charge in [0.05, 0.1) is 5.70 Å². The second kappa shape index (κ2) is 6.10. The van der Waals surface area contributed by atoms with E-state index in [-0.39, 0.29) is 11.0 Å². The van der Waals surface area contributed by atoms with Gasteiger partial charge in [0.25, 0.3) is 0 Å². The fourth-order valence-corrected chi connectivity index (χ4v) is 0.997. The molecule has 4 nitrogen and oxygen atoms in total. The molecule has 0 heterocycles. The van der Waals surface area contributed by atoms with E-state index in [2.05, 4.69) is 16.9 Å². The standard InChI is InChI=1S/C9H15ClN4/c1-4-5-13-8(6(2)11)9(10)14-7(3)12/h4-5,13H,3,11-12H2,1-2H3/b5-4-,8-6+,14-9?. The van der Waals surface area contributed by atoms with Gasteiger partial charge in [0.15, 0.2) is 5.17 Å². The Hall–Kier alpha value is -1.42. The molecule has 0 spiro atoms. The summed E-state index contributed by atoms with van der Waals surface area (Å²) >= 11 is 5.85.